The molecular weight excluding hydrogens is 218 g/mol. The highest BCUT2D eigenvalue weighted by molar-refractivity contribution is 7.96. The molecule has 1 aliphatic rings. The third-order valence-electron chi connectivity index (χ3n) is 2.17. The lowest BCUT2D eigenvalue weighted by Crippen LogP contribution is -2.09. The summed E-state index contributed by atoms with van der Waals surface area (Å²) in [6.07, 6.45) is 1.09. The van der Waals surface area contributed by atoms with Gasteiger partial charge in [0, 0.05) is 11.3 Å². The SMILES string of the molecule is Nc1cccc2c1C=C(C(=O)O)S2(=O)=O. The van der Waals surface area contributed by atoms with Crippen LogP contribution in [-0.4, -0.2) is 19.5 Å². The second-order valence-corrected chi connectivity index (χ2v) is 4.96. The molecule has 6 heteroatoms. The first-order valence-corrected chi connectivity index (χ1v) is 5.51. The van der Waals surface area contributed by atoms with Gasteiger partial charge in [-0.2, -0.15) is 0 Å². The fraction of sp³-hybridized carbons (Fsp3) is 0. The van der Waals surface area contributed by atoms with Gasteiger partial charge in [0.25, 0.3) is 0 Å². The highest BCUT2D eigenvalue weighted by Gasteiger charge is 2.34. The predicted octanol–water partition coefficient (Wildman–Crippen LogP) is 0.482. The van der Waals surface area contributed by atoms with E-state index >= 15 is 0 Å². The zero-order valence-corrected chi connectivity index (χ0v) is 8.28. The number of carbonyl (C=O) groups is 1. The number of carboxylic acids is 1. The van der Waals surface area contributed by atoms with Crippen LogP contribution in [0.5, 0.6) is 0 Å². The van der Waals surface area contributed by atoms with E-state index in [1.807, 2.05) is 0 Å². The van der Waals surface area contributed by atoms with E-state index in [9.17, 15) is 13.2 Å². The summed E-state index contributed by atoms with van der Waals surface area (Å²) in [5.74, 6) is -1.47. The summed E-state index contributed by atoms with van der Waals surface area (Å²) in [5.41, 5.74) is 6.07. The average molecular weight is 225 g/mol. The summed E-state index contributed by atoms with van der Waals surface area (Å²) in [7, 11) is -3.89. The molecule has 1 aliphatic heterocycles. The summed E-state index contributed by atoms with van der Waals surface area (Å²) in [6, 6.07) is 4.34. The van der Waals surface area contributed by atoms with Gasteiger partial charge in [-0.05, 0) is 18.2 Å². The van der Waals surface area contributed by atoms with Gasteiger partial charge in [-0.1, -0.05) is 6.07 Å². The van der Waals surface area contributed by atoms with Crippen LogP contribution >= 0.6 is 0 Å². The van der Waals surface area contributed by atoms with Crippen LogP contribution in [0.1, 0.15) is 5.56 Å². The zero-order valence-electron chi connectivity index (χ0n) is 7.47. The van der Waals surface area contributed by atoms with Crippen molar-refractivity contribution in [2.75, 3.05) is 5.73 Å². The summed E-state index contributed by atoms with van der Waals surface area (Å²) in [6.45, 7) is 0. The van der Waals surface area contributed by atoms with Crippen molar-refractivity contribution >= 4 is 27.6 Å². The summed E-state index contributed by atoms with van der Waals surface area (Å²) < 4.78 is 23.3. The molecule has 0 radical (unpaired) electrons. The molecular formula is C9H7NO4S. The molecule has 78 valence electrons. The highest BCUT2D eigenvalue weighted by atomic mass is 32.2. The standard InChI is InChI=1S/C9H7NO4S/c10-6-2-1-3-7-5(6)4-8(9(11)12)15(7,13)14/h1-4H,10H2,(H,11,12). The summed E-state index contributed by atoms with van der Waals surface area (Å²) >= 11 is 0. The van der Waals surface area contributed by atoms with Crippen LogP contribution < -0.4 is 5.73 Å². The Balaban J connectivity index is 2.81. The number of sulfone groups is 1. The van der Waals surface area contributed by atoms with Crippen LogP contribution in [0.3, 0.4) is 0 Å². The summed E-state index contributed by atoms with van der Waals surface area (Å²) in [5, 5.41) is 8.72. The number of fused-ring (bicyclic) bond motifs is 1. The molecule has 5 nitrogen and oxygen atoms in total. The molecule has 0 unspecified atom stereocenters. The van der Waals surface area contributed by atoms with Crippen LogP contribution in [0.25, 0.3) is 6.08 Å². The van der Waals surface area contributed by atoms with Gasteiger partial charge in [-0.25, -0.2) is 13.2 Å². The Morgan fingerprint density at radius 3 is 2.53 bits per heavy atom. The van der Waals surface area contributed by atoms with Crippen molar-refractivity contribution in [2.24, 2.45) is 0 Å². The molecule has 0 amide bonds. The van der Waals surface area contributed by atoms with Crippen molar-refractivity contribution in [3.63, 3.8) is 0 Å². The minimum absolute atomic E-state index is 0.0418. The second kappa shape index (κ2) is 2.83. The van der Waals surface area contributed by atoms with Gasteiger partial charge < -0.3 is 10.8 Å². The van der Waals surface area contributed by atoms with Crippen molar-refractivity contribution in [2.45, 2.75) is 4.90 Å². The Kier molecular flexibility index (Phi) is 1.84. The van der Waals surface area contributed by atoms with Crippen molar-refractivity contribution in [3.05, 3.63) is 28.7 Å². The van der Waals surface area contributed by atoms with E-state index in [0.717, 1.165) is 6.08 Å². The molecule has 15 heavy (non-hydrogen) atoms. The number of aliphatic carboxylic acids is 1. The molecule has 1 aromatic rings. The van der Waals surface area contributed by atoms with Crippen LogP contribution in [0.4, 0.5) is 5.69 Å². The van der Waals surface area contributed by atoms with Crippen molar-refractivity contribution in [1.82, 2.24) is 0 Å². The maximum absolute atomic E-state index is 11.7. The Morgan fingerprint density at radius 2 is 2.00 bits per heavy atom. The van der Waals surface area contributed by atoms with Gasteiger partial charge in [0.15, 0.2) is 4.91 Å². The molecule has 3 N–H and O–H groups in total. The van der Waals surface area contributed by atoms with E-state index in [2.05, 4.69) is 0 Å². The predicted molar refractivity (Wildman–Crippen MR) is 53.7 cm³/mol. The zero-order chi connectivity index (χ0) is 11.2. The Bertz CT molecular complexity index is 586. The first-order chi connectivity index (χ1) is 6.94. The molecule has 0 aromatic heterocycles. The van der Waals surface area contributed by atoms with E-state index in [1.165, 1.54) is 18.2 Å². The molecule has 0 bridgehead atoms. The number of carboxylic acid groups (broad SMARTS) is 1. The first kappa shape index (κ1) is 9.72. The molecule has 0 fully saturated rings. The Morgan fingerprint density at radius 1 is 1.33 bits per heavy atom. The quantitative estimate of drug-likeness (QED) is 0.677. The lowest BCUT2D eigenvalue weighted by molar-refractivity contribution is -0.131. The van der Waals surface area contributed by atoms with E-state index in [1.54, 1.807) is 0 Å². The summed E-state index contributed by atoms with van der Waals surface area (Å²) in [4.78, 5) is 10.0. The molecule has 0 saturated heterocycles. The van der Waals surface area contributed by atoms with Gasteiger partial charge in [0.05, 0.1) is 4.90 Å². The number of nitrogens with two attached hydrogens (primary N) is 1. The molecule has 0 spiro atoms. The van der Waals surface area contributed by atoms with E-state index in [-0.39, 0.29) is 16.1 Å². The van der Waals surface area contributed by atoms with Crippen molar-refractivity contribution in [3.8, 4) is 0 Å². The minimum atomic E-state index is -3.89. The third kappa shape index (κ3) is 1.22. The maximum Gasteiger partial charge on any atom is 0.347 e. The van der Waals surface area contributed by atoms with Crippen molar-refractivity contribution in [1.29, 1.82) is 0 Å². The fourth-order valence-electron chi connectivity index (χ4n) is 1.45. The van der Waals surface area contributed by atoms with Crippen LogP contribution in [0.2, 0.25) is 0 Å². The van der Waals surface area contributed by atoms with Crippen LogP contribution in [0.15, 0.2) is 28.0 Å². The van der Waals surface area contributed by atoms with E-state index in [0.29, 0.717) is 0 Å². The Labute approximate surface area is 85.8 Å². The number of hydrogen-bond acceptors (Lipinski definition) is 4. The normalized spacial score (nSPS) is 16.9. The first-order valence-electron chi connectivity index (χ1n) is 4.03. The molecule has 2 rings (SSSR count). The smallest absolute Gasteiger partial charge is 0.347 e. The molecule has 0 aliphatic carbocycles. The van der Waals surface area contributed by atoms with Gasteiger partial charge in [-0.3, -0.25) is 0 Å². The van der Waals surface area contributed by atoms with Gasteiger partial charge in [0.1, 0.15) is 0 Å². The van der Waals surface area contributed by atoms with Crippen LogP contribution in [0, 0.1) is 0 Å². The molecule has 1 heterocycles. The van der Waals surface area contributed by atoms with Crippen LogP contribution in [-0.2, 0) is 14.6 Å². The van der Waals surface area contributed by atoms with Gasteiger partial charge >= 0.3 is 5.97 Å². The Hall–Kier alpha value is -1.82. The van der Waals surface area contributed by atoms with E-state index < -0.39 is 20.7 Å². The monoisotopic (exact) mass is 225 g/mol. The number of rotatable bonds is 1. The topological polar surface area (TPSA) is 97.5 Å². The lowest BCUT2D eigenvalue weighted by Gasteiger charge is -2.01. The average Bonchev–Trinajstić information content (AvgIpc) is 2.40. The molecule has 1 aromatic carbocycles. The largest absolute Gasteiger partial charge is 0.477 e. The molecule has 0 saturated carbocycles. The number of benzene rings is 1. The second-order valence-electron chi connectivity index (χ2n) is 3.08. The van der Waals surface area contributed by atoms with E-state index in [4.69, 9.17) is 10.8 Å². The number of nitrogen functional groups attached to an aromatic ring is 1. The van der Waals surface area contributed by atoms with Crippen molar-refractivity contribution < 1.29 is 18.3 Å². The minimum Gasteiger partial charge on any atom is -0.477 e. The number of anilines is 1. The molecule has 0 atom stereocenters. The fourth-order valence-corrected chi connectivity index (χ4v) is 2.92. The van der Waals surface area contributed by atoms with Gasteiger partial charge in [0.2, 0.25) is 9.84 Å². The van der Waals surface area contributed by atoms with Gasteiger partial charge in [-0.15, -0.1) is 0 Å². The number of hydrogen-bond donors (Lipinski definition) is 2. The lowest BCUT2D eigenvalue weighted by atomic mass is 10.2. The highest BCUT2D eigenvalue weighted by Crippen LogP contribution is 2.35. The maximum atomic E-state index is 11.7. The third-order valence-corrected chi connectivity index (χ3v) is 3.97.